The van der Waals surface area contributed by atoms with Crippen molar-refractivity contribution in [3.05, 3.63) is 35.5 Å². The molecule has 5 nitrogen and oxygen atoms in total. The molecule has 1 aromatic heterocycles. The highest BCUT2D eigenvalue weighted by molar-refractivity contribution is 7.98. The van der Waals surface area contributed by atoms with E-state index in [0.717, 1.165) is 61.8 Å². The molecule has 2 aromatic rings. The van der Waals surface area contributed by atoms with E-state index in [9.17, 15) is 4.79 Å². The summed E-state index contributed by atoms with van der Waals surface area (Å²) in [6, 6.07) is 8.13. The van der Waals surface area contributed by atoms with Gasteiger partial charge in [-0.15, -0.1) is 11.8 Å². The van der Waals surface area contributed by atoms with Crippen LogP contribution in [-0.2, 0) is 5.75 Å². The van der Waals surface area contributed by atoms with Crippen LogP contribution in [0.25, 0.3) is 11.3 Å². The third kappa shape index (κ3) is 2.74. The Morgan fingerprint density at radius 3 is 2.83 bits per heavy atom. The summed E-state index contributed by atoms with van der Waals surface area (Å²) in [5.41, 5.74) is 2.48. The fourth-order valence-electron chi connectivity index (χ4n) is 3.39. The summed E-state index contributed by atoms with van der Waals surface area (Å²) in [4.78, 5) is 18.4. The number of carbonyl (C=O) groups excluding carboxylic acids is 1. The van der Waals surface area contributed by atoms with Gasteiger partial charge in [-0.3, -0.25) is 9.69 Å². The maximum Gasteiger partial charge on any atom is 0.276 e. The lowest BCUT2D eigenvalue weighted by Crippen LogP contribution is -2.49. The number of amides is 1. The van der Waals surface area contributed by atoms with Gasteiger partial charge in [0.15, 0.2) is 11.5 Å². The zero-order valence-corrected chi connectivity index (χ0v) is 14.6. The van der Waals surface area contributed by atoms with Crippen LogP contribution in [0.3, 0.4) is 0 Å². The number of carbonyl (C=O) groups is 1. The van der Waals surface area contributed by atoms with Crippen LogP contribution in [0.15, 0.2) is 33.7 Å². The minimum atomic E-state index is 0.0103. The molecule has 4 rings (SSSR count). The Bertz CT molecular complexity index is 750. The van der Waals surface area contributed by atoms with Crippen molar-refractivity contribution in [2.45, 2.75) is 24.0 Å². The number of benzene rings is 1. The topological polar surface area (TPSA) is 49.6 Å². The van der Waals surface area contributed by atoms with Crippen molar-refractivity contribution in [1.82, 2.24) is 15.0 Å². The van der Waals surface area contributed by atoms with E-state index in [1.165, 1.54) is 4.90 Å². The SMILES string of the molecule is CCCN1CCN(C(=O)c2noc3c2CSc2ccccc2-3)CC1. The van der Waals surface area contributed by atoms with E-state index in [2.05, 4.69) is 23.0 Å². The predicted molar refractivity (Wildman–Crippen MR) is 94.1 cm³/mol. The van der Waals surface area contributed by atoms with Gasteiger partial charge in [0.25, 0.3) is 5.91 Å². The molecule has 1 saturated heterocycles. The summed E-state index contributed by atoms with van der Waals surface area (Å²) in [5.74, 6) is 1.51. The molecular formula is C18H21N3O2S. The molecule has 3 heterocycles. The maximum absolute atomic E-state index is 12.9. The first kappa shape index (κ1) is 15.7. The highest BCUT2D eigenvalue weighted by Gasteiger charge is 2.31. The molecule has 0 bridgehead atoms. The Hall–Kier alpha value is -1.79. The summed E-state index contributed by atoms with van der Waals surface area (Å²) in [5, 5.41) is 4.13. The number of aromatic nitrogens is 1. The first-order valence-electron chi connectivity index (χ1n) is 8.50. The zero-order valence-electron chi connectivity index (χ0n) is 13.8. The summed E-state index contributed by atoms with van der Waals surface area (Å²) < 4.78 is 5.56. The van der Waals surface area contributed by atoms with Crippen LogP contribution in [0.5, 0.6) is 0 Å². The molecular weight excluding hydrogens is 322 g/mol. The predicted octanol–water partition coefficient (Wildman–Crippen LogP) is 3.12. The lowest BCUT2D eigenvalue weighted by Gasteiger charge is -2.34. The van der Waals surface area contributed by atoms with Crippen molar-refractivity contribution >= 4 is 17.7 Å². The number of hydrogen-bond acceptors (Lipinski definition) is 5. The largest absolute Gasteiger partial charge is 0.355 e. The van der Waals surface area contributed by atoms with Crippen molar-refractivity contribution in [3.8, 4) is 11.3 Å². The van der Waals surface area contributed by atoms with Gasteiger partial charge in [0.05, 0.1) is 0 Å². The fourth-order valence-corrected chi connectivity index (χ4v) is 4.45. The van der Waals surface area contributed by atoms with Gasteiger partial charge in [-0.05, 0) is 25.1 Å². The lowest BCUT2D eigenvalue weighted by molar-refractivity contribution is 0.0627. The van der Waals surface area contributed by atoms with Crippen LogP contribution in [0.2, 0.25) is 0 Å². The van der Waals surface area contributed by atoms with Crippen molar-refractivity contribution in [1.29, 1.82) is 0 Å². The molecule has 2 aliphatic rings. The second-order valence-corrected chi connectivity index (χ2v) is 7.27. The number of hydrogen-bond donors (Lipinski definition) is 0. The minimum absolute atomic E-state index is 0.0103. The molecule has 24 heavy (non-hydrogen) atoms. The van der Waals surface area contributed by atoms with Gasteiger partial charge in [-0.1, -0.05) is 24.2 Å². The monoisotopic (exact) mass is 343 g/mol. The summed E-state index contributed by atoms with van der Waals surface area (Å²) >= 11 is 1.74. The number of rotatable bonds is 3. The minimum Gasteiger partial charge on any atom is -0.355 e. The van der Waals surface area contributed by atoms with Crippen molar-refractivity contribution in [3.63, 3.8) is 0 Å². The van der Waals surface area contributed by atoms with Gasteiger partial charge in [-0.25, -0.2) is 0 Å². The van der Waals surface area contributed by atoms with Crippen LogP contribution in [0, 0.1) is 0 Å². The Morgan fingerprint density at radius 1 is 1.25 bits per heavy atom. The molecule has 6 heteroatoms. The molecule has 0 saturated carbocycles. The van der Waals surface area contributed by atoms with Crippen molar-refractivity contribution in [2.24, 2.45) is 0 Å². The molecule has 2 aliphatic heterocycles. The average molecular weight is 343 g/mol. The molecule has 1 fully saturated rings. The van der Waals surface area contributed by atoms with Crippen LogP contribution in [0.4, 0.5) is 0 Å². The molecule has 0 spiro atoms. The zero-order chi connectivity index (χ0) is 16.5. The molecule has 0 aliphatic carbocycles. The normalized spacial score (nSPS) is 17.5. The number of nitrogens with zero attached hydrogens (tertiary/aromatic N) is 3. The quantitative estimate of drug-likeness (QED) is 0.857. The van der Waals surface area contributed by atoms with Gasteiger partial charge in [0, 0.05) is 48.0 Å². The first-order valence-corrected chi connectivity index (χ1v) is 9.49. The third-order valence-corrected chi connectivity index (χ3v) is 5.79. The van der Waals surface area contributed by atoms with E-state index >= 15 is 0 Å². The van der Waals surface area contributed by atoms with E-state index in [-0.39, 0.29) is 5.91 Å². The lowest BCUT2D eigenvalue weighted by atomic mass is 10.1. The molecule has 0 atom stereocenters. The van der Waals surface area contributed by atoms with Gasteiger partial charge >= 0.3 is 0 Å². The van der Waals surface area contributed by atoms with Crippen LogP contribution >= 0.6 is 11.8 Å². The molecule has 1 aromatic carbocycles. The van der Waals surface area contributed by atoms with Crippen LogP contribution in [-0.4, -0.2) is 53.6 Å². The van der Waals surface area contributed by atoms with Gasteiger partial charge in [0.2, 0.25) is 0 Å². The Labute approximate surface area is 146 Å². The fraction of sp³-hybridized carbons (Fsp3) is 0.444. The number of fused-ring (bicyclic) bond motifs is 3. The summed E-state index contributed by atoms with van der Waals surface area (Å²) in [7, 11) is 0. The average Bonchev–Trinajstić information content (AvgIpc) is 3.06. The Morgan fingerprint density at radius 2 is 2.04 bits per heavy atom. The highest BCUT2D eigenvalue weighted by atomic mass is 32.2. The van der Waals surface area contributed by atoms with Gasteiger partial charge in [0.1, 0.15) is 0 Å². The molecule has 0 unspecified atom stereocenters. The van der Waals surface area contributed by atoms with E-state index in [1.54, 1.807) is 11.8 Å². The molecule has 0 N–H and O–H groups in total. The van der Waals surface area contributed by atoms with E-state index < -0.39 is 0 Å². The standard InChI is InChI=1S/C18H21N3O2S/c1-2-7-20-8-10-21(11-9-20)18(22)16-14-12-24-15-6-4-3-5-13(15)17(14)23-19-16/h3-6H,2,7-12H2,1H3. The second kappa shape index (κ2) is 6.61. The summed E-state index contributed by atoms with van der Waals surface area (Å²) in [6.45, 7) is 6.71. The first-order chi connectivity index (χ1) is 11.8. The van der Waals surface area contributed by atoms with Crippen LogP contribution < -0.4 is 0 Å². The second-order valence-electron chi connectivity index (χ2n) is 6.26. The van der Waals surface area contributed by atoms with E-state index in [4.69, 9.17) is 4.52 Å². The Kier molecular flexibility index (Phi) is 4.33. The van der Waals surface area contributed by atoms with E-state index in [1.807, 2.05) is 23.1 Å². The van der Waals surface area contributed by atoms with Gasteiger partial charge < -0.3 is 9.42 Å². The molecule has 1 amide bonds. The molecule has 0 radical (unpaired) electrons. The third-order valence-electron chi connectivity index (χ3n) is 4.69. The van der Waals surface area contributed by atoms with Crippen molar-refractivity contribution in [2.75, 3.05) is 32.7 Å². The number of piperazine rings is 1. The smallest absolute Gasteiger partial charge is 0.276 e. The maximum atomic E-state index is 12.9. The van der Waals surface area contributed by atoms with Gasteiger partial charge in [-0.2, -0.15) is 0 Å². The number of thioether (sulfide) groups is 1. The Balaban J connectivity index is 1.55. The summed E-state index contributed by atoms with van der Waals surface area (Å²) in [6.07, 6.45) is 1.15. The molecule has 126 valence electrons. The van der Waals surface area contributed by atoms with Crippen molar-refractivity contribution < 1.29 is 9.32 Å². The highest BCUT2D eigenvalue weighted by Crippen LogP contribution is 2.42. The van der Waals surface area contributed by atoms with E-state index in [0.29, 0.717) is 5.69 Å². The van der Waals surface area contributed by atoms with Crippen LogP contribution in [0.1, 0.15) is 29.4 Å².